The second-order valence-electron chi connectivity index (χ2n) is 10.6. The first-order chi connectivity index (χ1) is 19.5. The van der Waals surface area contributed by atoms with Crippen molar-refractivity contribution in [1.82, 2.24) is 19.8 Å². The zero-order valence-corrected chi connectivity index (χ0v) is 23.0. The minimum atomic E-state index is -0.0406. The van der Waals surface area contributed by atoms with Crippen LogP contribution in [0.1, 0.15) is 11.3 Å². The maximum atomic E-state index is 12.2. The van der Waals surface area contributed by atoms with E-state index in [-0.39, 0.29) is 17.7 Å². The average molecular weight is 545 g/mol. The molecule has 3 aliphatic rings. The highest BCUT2D eigenvalue weighted by molar-refractivity contribution is 5.95. The van der Waals surface area contributed by atoms with E-state index in [0.29, 0.717) is 51.9 Å². The normalized spacial score (nSPS) is 19.9. The first kappa shape index (κ1) is 26.3. The molecule has 40 heavy (non-hydrogen) atoms. The van der Waals surface area contributed by atoms with Gasteiger partial charge in [-0.25, -0.2) is 0 Å². The second-order valence-corrected chi connectivity index (χ2v) is 10.6. The van der Waals surface area contributed by atoms with Gasteiger partial charge < -0.3 is 29.3 Å². The molecule has 4 heterocycles. The Morgan fingerprint density at radius 2 is 1.95 bits per heavy atom. The maximum Gasteiger partial charge on any atom is 0.318 e. The van der Waals surface area contributed by atoms with E-state index in [1.54, 1.807) is 6.07 Å². The topological polar surface area (TPSA) is 94.5 Å². The van der Waals surface area contributed by atoms with Gasteiger partial charge in [0.2, 0.25) is 5.91 Å². The Morgan fingerprint density at radius 1 is 1.12 bits per heavy atom. The number of morpholine rings is 1. The first-order valence-electron chi connectivity index (χ1n) is 13.9. The molecule has 210 valence electrons. The summed E-state index contributed by atoms with van der Waals surface area (Å²) in [6.45, 7) is 10.2. The summed E-state index contributed by atoms with van der Waals surface area (Å²) in [5.41, 5.74) is 3.03. The van der Waals surface area contributed by atoms with Crippen LogP contribution < -0.4 is 14.5 Å². The molecule has 2 fully saturated rings. The summed E-state index contributed by atoms with van der Waals surface area (Å²) in [6, 6.07) is 12.2. The number of carbonyl (C=O) groups is 1. The van der Waals surface area contributed by atoms with Crippen LogP contribution in [0.25, 0.3) is 10.8 Å². The van der Waals surface area contributed by atoms with Crippen LogP contribution in [0.4, 0.5) is 11.5 Å². The monoisotopic (exact) mass is 544 g/mol. The van der Waals surface area contributed by atoms with Crippen LogP contribution in [0.2, 0.25) is 0 Å². The fourth-order valence-corrected chi connectivity index (χ4v) is 5.81. The number of benzene rings is 2. The lowest BCUT2D eigenvalue weighted by Crippen LogP contribution is -2.49. The van der Waals surface area contributed by atoms with Gasteiger partial charge in [-0.05, 0) is 31.0 Å². The fraction of sp³-hybridized carbons (Fsp3) is 0.433. The van der Waals surface area contributed by atoms with Crippen molar-refractivity contribution in [3.63, 3.8) is 0 Å². The number of ether oxygens (including phenoxy) is 2. The summed E-state index contributed by atoms with van der Waals surface area (Å²) in [7, 11) is 2.08. The molecule has 10 heteroatoms. The third-order valence-electron chi connectivity index (χ3n) is 8.18. The van der Waals surface area contributed by atoms with Crippen LogP contribution in [0.15, 0.2) is 49.1 Å². The van der Waals surface area contributed by atoms with Gasteiger partial charge in [0, 0.05) is 62.0 Å². The summed E-state index contributed by atoms with van der Waals surface area (Å²) in [6.07, 6.45) is 2.14. The molecule has 6 rings (SSSR count). The Hall–Kier alpha value is -3.89. The largest absolute Gasteiger partial charge is 0.508 e. The standard InChI is InChI=1S/C30H36N6O4/c1-3-28(38)34-10-12-35(13-11-34)29-25-8-9-36(27-17-23(37)16-21-6-4-5-7-24(21)27)18-26(25)31-30(32-29)40-20-22-19-39-15-14-33(22)2/h3-7,16-17,22,37H,1,8-15,18-20H2,2H3/t22-/m0/s1. The van der Waals surface area contributed by atoms with Gasteiger partial charge in [0.15, 0.2) is 0 Å². The predicted octanol–water partition coefficient (Wildman–Crippen LogP) is 2.44. The summed E-state index contributed by atoms with van der Waals surface area (Å²) in [5, 5.41) is 12.6. The molecule has 0 radical (unpaired) electrons. The average Bonchev–Trinajstić information content (AvgIpc) is 2.99. The first-order valence-corrected chi connectivity index (χ1v) is 13.9. The Kier molecular flexibility index (Phi) is 7.44. The molecule has 0 unspecified atom stereocenters. The number of aromatic hydroxyl groups is 1. The Balaban J connectivity index is 1.30. The van der Waals surface area contributed by atoms with Crippen LogP contribution in [-0.4, -0.2) is 103 Å². The molecular formula is C30H36N6O4. The van der Waals surface area contributed by atoms with Crippen molar-refractivity contribution in [2.75, 3.05) is 75.9 Å². The number of phenols is 1. The highest BCUT2D eigenvalue weighted by Crippen LogP contribution is 2.36. The molecule has 0 saturated carbocycles. The summed E-state index contributed by atoms with van der Waals surface area (Å²) >= 11 is 0. The third-order valence-corrected chi connectivity index (χ3v) is 8.18. The van der Waals surface area contributed by atoms with E-state index in [0.717, 1.165) is 59.7 Å². The number of fused-ring (bicyclic) bond motifs is 2. The zero-order valence-electron chi connectivity index (χ0n) is 23.0. The fourth-order valence-electron chi connectivity index (χ4n) is 5.81. The van der Waals surface area contributed by atoms with Gasteiger partial charge in [-0.3, -0.25) is 9.69 Å². The molecule has 1 aromatic heterocycles. The molecule has 3 aliphatic heterocycles. The number of phenolic OH excluding ortho intramolecular Hbond substituents is 1. The van der Waals surface area contributed by atoms with Gasteiger partial charge in [-0.1, -0.05) is 30.8 Å². The van der Waals surface area contributed by atoms with Gasteiger partial charge in [0.1, 0.15) is 18.2 Å². The van der Waals surface area contributed by atoms with Crippen LogP contribution in [0, 0.1) is 0 Å². The van der Waals surface area contributed by atoms with Gasteiger partial charge in [-0.15, -0.1) is 0 Å². The van der Waals surface area contributed by atoms with Gasteiger partial charge >= 0.3 is 6.01 Å². The van der Waals surface area contributed by atoms with E-state index in [1.165, 1.54) is 6.08 Å². The van der Waals surface area contributed by atoms with Crippen LogP contribution >= 0.6 is 0 Å². The molecule has 1 N–H and O–H groups in total. The lowest BCUT2D eigenvalue weighted by atomic mass is 10.0. The van der Waals surface area contributed by atoms with Crippen LogP contribution in [-0.2, 0) is 22.5 Å². The number of aromatic nitrogens is 2. The Labute approximate surface area is 234 Å². The van der Waals surface area contributed by atoms with E-state index in [2.05, 4.69) is 34.4 Å². The SMILES string of the molecule is C=CC(=O)N1CCN(c2nc(OC[C@@H]3COCCN3C)nc3c2CCN(c2cc(O)cc4ccccc24)C3)CC1. The van der Waals surface area contributed by atoms with Crippen molar-refractivity contribution >= 4 is 28.2 Å². The number of carbonyl (C=O) groups excluding carboxylic acids is 1. The maximum absolute atomic E-state index is 12.2. The number of likely N-dealkylation sites (N-methyl/N-ethyl adjacent to an activating group) is 1. The minimum absolute atomic E-state index is 0.0406. The number of rotatable bonds is 6. The van der Waals surface area contributed by atoms with Crippen molar-refractivity contribution in [2.45, 2.75) is 19.0 Å². The highest BCUT2D eigenvalue weighted by Gasteiger charge is 2.29. The molecule has 1 atom stereocenters. The lowest BCUT2D eigenvalue weighted by Gasteiger charge is -2.38. The molecule has 10 nitrogen and oxygen atoms in total. The predicted molar refractivity (Wildman–Crippen MR) is 154 cm³/mol. The molecule has 0 aliphatic carbocycles. The second kappa shape index (κ2) is 11.3. The van der Waals surface area contributed by atoms with Crippen molar-refractivity contribution in [3.8, 4) is 11.8 Å². The lowest BCUT2D eigenvalue weighted by molar-refractivity contribution is -0.126. The quantitative estimate of drug-likeness (QED) is 0.470. The summed E-state index contributed by atoms with van der Waals surface area (Å²) < 4.78 is 11.9. The van der Waals surface area contributed by atoms with E-state index in [4.69, 9.17) is 19.4 Å². The van der Waals surface area contributed by atoms with Crippen molar-refractivity contribution in [2.24, 2.45) is 0 Å². The number of hydrogen-bond donors (Lipinski definition) is 1. The van der Waals surface area contributed by atoms with E-state index in [1.807, 2.05) is 29.2 Å². The molecule has 0 bridgehead atoms. The number of nitrogens with zero attached hydrogens (tertiary/aromatic N) is 6. The third kappa shape index (κ3) is 5.29. The highest BCUT2D eigenvalue weighted by atomic mass is 16.5. The molecule has 3 aromatic rings. The van der Waals surface area contributed by atoms with E-state index >= 15 is 0 Å². The molecule has 2 aromatic carbocycles. The Bertz CT molecular complexity index is 1410. The molecule has 1 amide bonds. The van der Waals surface area contributed by atoms with Gasteiger partial charge in [-0.2, -0.15) is 9.97 Å². The van der Waals surface area contributed by atoms with E-state index in [9.17, 15) is 9.90 Å². The van der Waals surface area contributed by atoms with Crippen molar-refractivity contribution in [3.05, 3.63) is 60.3 Å². The van der Waals surface area contributed by atoms with E-state index < -0.39 is 0 Å². The van der Waals surface area contributed by atoms with Gasteiger partial charge in [0.25, 0.3) is 0 Å². The summed E-state index contributed by atoms with van der Waals surface area (Å²) in [5.74, 6) is 1.10. The van der Waals surface area contributed by atoms with Crippen LogP contribution in [0.5, 0.6) is 11.8 Å². The molecular weight excluding hydrogens is 508 g/mol. The number of anilines is 2. The molecule has 2 saturated heterocycles. The number of piperazine rings is 1. The zero-order chi connectivity index (χ0) is 27.6. The summed E-state index contributed by atoms with van der Waals surface area (Å²) in [4.78, 5) is 30.6. The smallest absolute Gasteiger partial charge is 0.318 e. The van der Waals surface area contributed by atoms with Gasteiger partial charge in [0.05, 0.1) is 31.5 Å². The van der Waals surface area contributed by atoms with Crippen molar-refractivity contribution in [1.29, 1.82) is 0 Å². The molecule has 0 spiro atoms. The Morgan fingerprint density at radius 3 is 2.75 bits per heavy atom. The number of hydrogen-bond acceptors (Lipinski definition) is 9. The number of amides is 1. The van der Waals surface area contributed by atoms with Crippen molar-refractivity contribution < 1.29 is 19.4 Å². The minimum Gasteiger partial charge on any atom is -0.508 e. The van der Waals surface area contributed by atoms with Crippen LogP contribution in [0.3, 0.4) is 0 Å².